The predicted molar refractivity (Wildman–Crippen MR) is 70.4 cm³/mol. The molecule has 1 aliphatic rings. The smallest absolute Gasteiger partial charge is 0.414 e. The number of azide groups is 1. The number of hydrogen-bond acceptors (Lipinski definition) is 5. The quantitative estimate of drug-likeness (QED) is 0.487. The maximum Gasteiger partial charge on any atom is 0.414 e. The van der Waals surface area contributed by atoms with E-state index in [0.717, 1.165) is 11.1 Å². The minimum Gasteiger partial charge on any atom is -0.444 e. The fourth-order valence-electron chi connectivity index (χ4n) is 2.18. The molecule has 0 radical (unpaired) electrons. The number of ether oxygens (including phenoxy) is 1. The Morgan fingerprint density at radius 2 is 2.45 bits per heavy atom. The predicted octanol–water partition coefficient (Wildman–Crippen LogP) is 2.77. The minimum absolute atomic E-state index is 0.127. The van der Waals surface area contributed by atoms with Gasteiger partial charge in [-0.05, 0) is 24.6 Å². The molecule has 0 spiro atoms. The highest BCUT2D eigenvalue weighted by molar-refractivity contribution is 5.93. The van der Waals surface area contributed by atoms with Gasteiger partial charge in [0.15, 0.2) is 5.58 Å². The molecule has 3 rings (SSSR count). The SMILES string of the molecule is Cc1noc2cc(N3CC(CN=[N+]=[N-])OC3=O)ccc12. The molecular formula is C12H11N5O3. The van der Waals surface area contributed by atoms with Crippen LogP contribution < -0.4 is 4.90 Å². The number of rotatable bonds is 3. The van der Waals surface area contributed by atoms with E-state index in [2.05, 4.69) is 15.2 Å². The molecule has 8 heteroatoms. The molecule has 1 atom stereocenters. The highest BCUT2D eigenvalue weighted by Crippen LogP contribution is 2.27. The third kappa shape index (κ3) is 2.02. The molecular weight excluding hydrogens is 262 g/mol. The van der Waals surface area contributed by atoms with Gasteiger partial charge in [-0.25, -0.2) is 4.79 Å². The Labute approximate surface area is 113 Å². The molecule has 0 N–H and O–H groups in total. The second-order valence-electron chi connectivity index (χ2n) is 4.48. The summed E-state index contributed by atoms with van der Waals surface area (Å²) in [5, 5.41) is 8.20. The highest BCUT2D eigenvalue weighted by Gasteiger charge is 2.32. The molecule has 102 valence electrons. The van der Waals surface area contributed by atoms with Crippen LogP contribution in [0, 0.1) is 6.92 Å². The van der Waals surface area contributed by atoms with Gasteiger partial charge in [-0.3, -0.25) is 4.90 Å². The van der Waals surface area contributed by atoms with Crippen molar-refractivity contribution in [1.82, 2.24) is 5.16 Å². The number of carbonyl (C=O) groups is 1. The number of carbonyl (C=O) groups excluding carboxylic acids is 1. The fourth-order valence-corrected chi connectivity index (χ4v) is 2.18. The van der Waals surface area contributed by atoms with E-state index < -0.39 is 12.2 Å². The molecule has 2 aromatic rings. The molecule has 1 saturated heterocycles. The Morgan fingerprint density at radius 1 is 1.60 bits per heavy atom. The number of benzene rings is 1. The van der Waals surface area contributed by atoms with Crippen molar-refractivity contribution in [1.29, 1.82) is 0 Å². The summed E-state index contributed by atoms with van der Waals surface area (Å²) in [6.45, 7) is 2.32. The van der Waals surface area contributed by atoms with Crippen molar-refractivity contribution in [2.24, 2.45) is 5.11 Å². The Bertz CT molecular complexity index is 719. The first-order valence-corrected chi connectivity index (χ1v) is 6.04. The topological polar surface area (TPSA) is 104 Å². The van der Waals surface area contributed by atoms with Crippen LogP contribution in [0.3, 0.4) is 0 Å². The number of aryl methyl sites for hydroxylation is 1. The van der Waals surface area contributed by atoms with E-state index in [1.165, 1.54) is 4.90 Å². The van der Waals surface area contributed by atoms with E-state index in [0.29, 0.717) is 17.8 Å². The number of hydrogen-bond donors (Lipinski definition) is 0. The molecule has 0 bridgehead atoms. The summed E-state index contributed by atoms with van der Waals surface area (Å²) in [6.07, 6.45) is -0.885. The van der Waals surface area contributed by atoms with Gasteiger partial charge in [0, 0.05) is 16.4 Å². The molecule has 1 aliphatic heterocycles. The zero-order chi connectivity index (χ0) is 14.1. The van der Waals surface area contributed by atoms with Gasteiger partial charge in [0.25, 0.3) is 0 Å². The number of fused-ring (bicyclic) bond motifs is 1. The van der Waals surface area contributed by atoms with Gasteiger partial charge in [0.2, 0.25) is 0 Å². The minimum atomic E-state index is -0.460. The molecule has 1 aromatic heterocycles. The van der Waals surface area contributed by atoms with E-state index in [1.54, 1.807) is 6.07 Å². The molecule has 1 fully saturated rings. The largest absolute Gasteiger partial charge is 0.444 e. The van der Waals surface area contributed by atoms with E-state index in [1.807, 2.05) is 19.1 Å². The number of amides is 1. The lowest BCUT2D eigenvalue weighted by molar-refractivity contribution is 0.145. The maximum absolute atomic E-state index is 11.8. The van der Waals surface area contributed by atoms with Crippen molar-refractivity contribution in [2.75, 3.05) is 18.0 Å². The summed E-state index contributed by atoms with van der Waals surface area (Å²) >= 11 is 0. The standard InChI is InChI=1S/C12H11N5O3/c1-7-10-3-2-8(4-11(10)20-15-7)17-6-9(5-14-16-13)19-12(17)18/h2-4,9H,5-6H2,1H3. The molecule has 2 heterocycles. The Morgan fingerprint density at radius 3 is 3.25 bits per heavy atom. The maximum atomic E-state index is 11.8. The van der Waals surface area contributed by atoms with E-state index >= 15 is 0 Å². The fraction of sp³-hybridized carbons (Fsp3) is 0.333. The van der Waals surface area contributed by atoms with E-state index in [-0.39, 0.29) is 6.54 Å². The van der Waals surface area contributed by atoms with Crippen LogP contribution in [0.2, 0.25) is 0 Å². The molecule has 20 heavy (non-hydrogen) atoms. The third-order valence-electron chi connectivity index (χ3n) is 3.17. The zero-order valence-corrected chi connectivity index (χ0v) is 10.7. The van der Waals surface area contributed by atoms with Crippen LogP contribution in [0.25, 0.3) is 21.4 Å². The normalized spacial score (nSPS) is 18.1. The second-order valence-corrected chi connectivity index (χ2v) is 4.48. The highest BCUT2D eigenvalue weighted by atomic mass is 16.6. The van der Waals surface area contributed by atoms with Crippen molar-refractivity contribution >= 4 is 22.7 Å². The molecule has 0 saturated carbocycles. The van der Waals surface area contributed by atoms with Crippen LogP contribution >= 0.6 is 0 Å². The summed E-state index contributed by atoms with van der Waals surface area (Å²) in [5.41, 5.74) is 10.4. The van der Waals surface area contributed by atoms with Gasteiger partial charge in [-0.1, -0.05) is 10.3 Å². The van der Waals surface area contributed by atoms with E-state index in [4.69, 9.17) is 14.8 Å². The first-order valence-electron chi connectivity index (χ1n) is 6.04. The summed E-state index contributed by atoms with van der Waals surface area (Å²) in [5.74, 6) is 0. The average Bonchev–Trinajstić information content (AvgIpc) is 3.00. The molecule has 0 aliphatic carbocycles. The number of cyclic esters (lactones) is 1. The summed E-state index contributed by atoms with van der Waals surface area (Å²) in [4.78, 5) is 16.0. The lowest BCUT2D eigenvalue weighted by atomic mass is 10.2. The first-order chi connectivity index (χ1) is 9.69. The van der Waals surface area contributed by atoms with Gasteiger partial charge in [-0.15, -0.1) is 0 Å². The Balaban J connectivity index is 1.87. The summed E-state index contributed by atoms with van der Waals surface area (Å²) in [7, 11) is 0. The van der Waals surface area contributed by atoms with Gasteiger partial charge in [0.05, 0.1) is 24.5 Å². The number of nitrogens with zero attached hydrogens (tertiary/aromatic N) is 5. The van der Waals surface area contributed by atoms with Crippen LogP contribution in [-0.2, 0) is 4.74 Å². The van der Waals surface area contributed by atoms with E-state index in [9.17, 15) is 4.79 Å². The van der Waals surface area contributed by atoms with Gasteiger partial charge in [0.1, 0.15) is 6.10 Å². The van der Waals surface area contributed by atoms with Crippen molar-refractivity contribution in [3.63, 3.8) is 0 Å². The van der Waals surface area contributed by atoms with Crippen LogP contribution in [0.15, 0.2) is 27.8 Å². The Kier molecular flexibility index (Phi) is 2.92. The van der Waals surface area contributed by atoms with Crippen molar-refractivity contribution in [2.45, 2.75) is 13.0 Å². The third-order valence-corrected chi connectivity index (χ3v) is 3.17. The molecule has 8 nitrogen and oxygen atoms in total. The van der Waals surface area contributed by atoms with Gasteiger partial charge >= 0.3 is 6.09 Å². The molecule has 1 aromatic carbocycles. The second kappa shape index (κ2) is 4.75. The van der Waals surface area contributed by atoms with Crippen LogP contribution in [0.1, 0.15) is 5.69 Å². The number of aromatic nitrogens is 1. The summed E-state index contributed by atoms with van der Waals surface area (Å²) < 4.78 is 10.3. The van der Waals surface area contributed by atoms with Crippen LogP contribution in [0.4, 0.5) is 10.5 Å². The molecule has 1 amide bonds. The lowest BCUT2D eigenvalue weighted by Crippen LogP contribution is -2.24. The summed E-state index contributed by atoms with van der Waals surface area (Å²) in [6, 6.07) is 5.40. The lowest BCUT2D eigenvalue weighted by Gasteiger charge is -2.12. The number of anilines is 1. The average molecular weight is 273 g/mol. The van der Waals surface area contributed by atoms with Gasteiger partial charge in [-0.2, -0.15) is 0 Å². The first kappa shape index (κ1) is 12.3. The van der Waals surface area contributed by atoms with Crippen molar-refractivity contribution in [3.8, 4) is 0 Å². The van der Waals surface area contributed by atoms with Crippen molar-refractivity contribution < 1.29 is 14.1 Å². The van der Waals surface area contributed by atoms with Crippen LogP contribution in [0.5, 0.6) is 0 Å². The monoisotopic (exact) mass is 273 g/mol. The Hall–Kier alpha value is -2.73. The van der Waals surface area contributed by atoms with Crippen LogP contribution in [-0.4, -0.2) is 30.4 Å². The van der Waals surface area contributed by atoms with Gasteiger partial charge < -0.3 is 9.26 Å². The zero-order valence-electron chi connectivity index (χ0n) is 10.7. The van der Waals surface area contributed by atoms with Crippen molar-refractivity contribution in [3.05, 3.63) is 34.3 Å². The molecule has 1 unspecified atom stereocenters.